The molecule has 1 aromatic heterocycles. The molecule has 4 atom stereocenters. The standard InChI is InChI=1S/C24H41N7O4/c1-16-7-10-18-19(29-31(22(18)28-16)12-6-11-27-34-5)15-30(17-8-9-17)24(2,33-4)21-14-26-13-20(35-21)23(32)25-3/h7,10,17,19-21,26-27,29H,6,8-9,11-15H2,1-5H3,(H,25,32)/t19?,20-,21+,24?/m0/s1. The molecule has 0 spiro atoms. The average molecular weight is 492 g/mol. The fourth-order valence-electron chi connectivity index (χ4n) is 5.06. The molecule has 0 aromatic carbocycles. The monoisotopic (exact) mass is 491 g/mol. The Bertz CT molecular complexity index is 870. The highest BCUT2D eigenvalue weighted by molar-refractivity contribution is 5.80. The van der Waals surface area contributed by atoms with Gasteiger partial charge < -0.3 is 24.9 Å². The van der Waals surface area contributed by atoms with Crippen LogP contribution in [0.15, 0.2) is 12.1 Å². The third-order valence-corrected chi connectivity index (χ3v) is 7.27. The molecule has 2 fully saturated rings. The number of pyridine rings is 1. The van der Waals surface area contributed by atoms with Gasteiger partial charge in [-0.15, -0.1) is 0 Å². The zero-order valence-corrected chi connectivity index (χ0v) is 21.6. The van der Waals surface area contributed by atoms with Crippen molar-refractivity contribution in [2.24, 2.45) is 0 Å². The highest BCUT2D eigenvalue weighted by atomic mass is 16.6. The molecule has 35 heavy (non-hydrogen) atoms. The number of hydrogen-bond donors (Lipinski definition) is 4. The fourth-order valence-corrected chi connectivity index (χ4v) is 5.06. The molecule has 11 heteroatoms. The number of ether oxygens (including phenoxy) is 2. The second-order valence-electron chi connectivity index (χ2n) is 9.68. The lowest BCUT2D eigenvalue weighted by Crippen LogP contribution is -2.65. The van der Waals surface area contributed by atoms with Gasteiger partial charge in [-0.05, 0) is 39.2 Å². The third kappa shape index (κ3) is 5.77. The summed E-state index contributed by atoms with van der Waals surface area (Å²) in [6.07, 6.45) is 2.32. The number of carbonyl (C=O) groups is 1. The number of aromatic nitrogens is 1. The average Bonchev–Trinajstić information content (AvgIpc) is 3.67. The minimum absolute atomic E-state index is 0.0647. The van der Waals surface area contributed by atoms with E-state index in [4.69, 9.17) is 19.3 Å². The predicted octanol–water partition coefficient (Wildman–Crippen LogP) is 0.227. The first-order valence-corrected chi connectivity index (χ1v) is 12.6. The number of hydrogen-bond acceptors (Lipinski definition) is 10. The number of amides is 1. The van der Waals surface area contributed by atoms with Crippen molar-refractivity contribution in [2.45, 2.75) is 63.1 Å². The molecule has 1 saturated carbocycles. The van der Waals surface area contributed by atoms with E-state index < -0.39 is 11.8 Å². The van der Waals surface area contributed by atoms with Crippen molar-refractivity contribution < 1.29 is 19.1 Å². The van der Waals surface area contributed by atoms with E-state index in [9.17, 15) is 4.79 Å². The molecule has 3 heterocycles. The quantitative estimate of drug-likeness (QED) is 0.184. The predicted molar refractivity (Wildman–Crippen MR) is 133 cm³/mol. The maximum Gasteiger partial charge on any atom is 0.250 e. The number of rotatable bonds is 12. The van der Waals surface area contributed by atoms with Crippen molar-refractivity contribution >= 4 is 11.7 Å². The van der Waals surface area contributed by atoms with Crippen molar-refractivity contribution in [1.82, 2.24) is 31.4 Å². The lowest BCUT2D eigenvalue weighted by molar-refractivity contribution is -0.225. The van der Waals surface area contributed by atoms with Gasteiger partial charge in [0, 0.05) is 64.2 Å². The summed E-state index contributed by atoms with van der Waals surface area (Å²) in [4.78, 5) is 24.5. The largest absolute Gasteiger partial charge is 0.361 e. The molecule has 196 valence electrons. The van der Waals surface area contributed by atoms with Crippen LogP contribution in [0.4, 0.5) is 5.82 Å². The Balaban J connectivity index is 1.53. The van der Waals surface area contributed by atoms with Gasteiger partial charge in [0.25, 0.3) is 0 Å². The number of likely N-dealkylation sites (N-methyl/N-ethyl adjacent to an activating group) is 1. The van der Waals surface area contributed by atoms with Crippen LogP contribution in [0.5, 0.6) is 0 Å². The van der Waals surface area contributed by atoms with Gasteiger partial charge in [0.2, 0.25) is 5.91 Å². The molecule has 2 unspecified atom stereocenters. The Labute approximate surface area is 208 Å². The van der Waals surface area contributed by atoms with Crippen molar-refractivity contribution in [3.05, 3.63) is 23.4 Å². The first kappa shape index (κ1) is 26.2. The van der Waals surface area contributed by atoms with E-state index in [2.05, 4.69) is 50.5 Å². The number of carbonyl (C=O) groups excluding carboxylic acids is 1. The maximum absolute atomic E-state index is 12.3. The Kier molecular flexibility index (Phi) is 8.59. The Hall–Kier alpha value is -1.86. The van der Waals surface area contributed by atoms with E-state index in [-0.39, 0.29) is 18.1 Å². The highest BCUT2D eigenvalue weighted by Crippen LogP contribution is 2.40. The van der Waals surface area contributed by atoms with Gasteiger partial charge in [0.1, 0.15) is 23.8 Å². The van der Waals surface area contributed by atoms with Crippen LogP contribution in [-0.4, -0.2) is 93.8 Å². The Morgan fingerprint density at radius 3 is 2.83 bits per heavy atom. The second-order valence-corrected chi connectivity index (χ2v) is 9.68. The summed E-state index contributed by atoms with van der Waals surface area (Å²) in [5.74, 6) is 0.864. The molecule has 0 bridgehead atoms. The molecule has 4 N–H and O–H groups in total. The third-order valence-electron chi connectivity index (χ3n) is 7.27. The zero-order valence-electron chi connectivity index (χ0n) is 21.6. The van der Waals surface area contributed by atoms with Crippen molar-refractivity contribution in [3.63, 3.8) is 0 Å². The van der Waals surface area contributed by atoms with Crippen LogP contribution in [-0.2, 0) is 19.1 Å². The molecule has 2 aliphatic heterocycles. The summed E-state index contributed by atoms with van der Waals surface area (Å²) in [7, 11) is 5.00. The smallest absolute Gasteiger partial charge is 0.250 e. The van der Waals surface area contributed by atoms with Crippen molar-refractivity contribution in [2.75, 3.05) is 59.0 Å². The Morgan fingerprint density at radius 2 is 2.14 bits per heavy atom. The summed E-state index contributed by atoms with van der Waals surface area (Å²) in [5, 5.41) is 8.22. The Morgan fingerprint density at radius 1 is 1.34 bits per heavy atom. The van der Waals surface area contributed by atoms with Gasteiger partial charge in [0.05, 0.1) is 13.2 Å². The van der Waals surface area contributed by atoms with Gasteiger partial charge in [-0.1, -0.05) is 6.07 Å². The minimum Gasteiger partial charge on any atom is -0.361 e. The number of nitrogens with zero attached hydrogens (tertiary/aromatic N) is 3. The van der Waals surface area contributed by atoms with E-state index >= 15 is 0 Å². The number of morpholine rings is 1. The first-order chi connectivity index (χ1) is 16.9. The number of nitrogens with one attached hydrogen (secondary N) is 4. The number of fused-ring (bicyclic) bond motifs is 1. The molecule has 1 saturated heterocycles. The van der Waals surface area contributed by atoms with E-state index in [1.807, 2.05) is 6.92 Å². The van der Waals surface area contributed by atoms with Crippen LogP contribution in [0.25, 0.3) is 0 Å². The molecule has 4 rings (SSSR count). The molecule has 1 aliphatic carbocycles. The lowest BCUT2D eigenvalue weighted by Gasteiger charge is -2.48. The van der Waals surface area contributed by atoms with Gasteiger partial charge in [-0.3, -0.25) is 14.7 Å². The van der Waals surface area contributed by atoms with E-state index in [1.54, 1.807) is 21.3 Å². The molecule has 11 nitrogen and oxygen atoms in total. The van der Waals surface area contributed by atoms with Gasteiger partial charge in [0.15, 0.2) is 0 Å². The van der Waals surface area contributed by atoms with Gasteiger partial charge >= 0.3 is 0 Å². The molecular weight excluding hydrogens is 450 g/mol. The minimum atomic E-state index is -0.698. The topological polar surface area (TPSA) is 112 Å². The fraction of sp³-hybridized carbons (Fsp3) is 0.750. The summed E-state index contributed by atoms with van der Waals surface area (Å²) >= 11 is 0. The number of hydrazine groups is 1. The lowest BCUT2D eigenvalue weighted by atomic mass is 10.0. The molecule has 0 radical (unpaired) electrons. The summed E-state index contributed by atoms with van der Waals surface area (Å²) in [5.41, 5.74) is 8.08. The zero-order chi connectivity index (χ0) is 25.0. The molecular formula is C24H41N7O4. The van der Waals surface area contributed by atoms with Crippen LogP contribution in [0, 0.1) is 6.92 Å². The van der Waals surface area contributed by atoms with Crippen molar-refractivity contribution in [1.29, 1.82) is 0 Å². The van der Waals surface area contributed by atoms with E-state index in [1.165, 1.54) is 5.56 Å². The number of anilines is 1. The van der Waals surface area contributed by atoms with Gasteiger partial charge in [-0.25, -0.2) is 15.9 Å². The highest BCUT2D eigenvalue weighted by Gasteiger charge is 2.50. The SMILES string of the molecule is CNC(=O)[C@@H]1CNC[C@H](C(C)(OC)N(CC2NN(CCCNOC)c3nc(C)ccc32)C2CC2)O1. The van der Waals surface area contributed by atoms with Crippen LogP contribution in [0.2, 0.25) is 0 Å². The second kappa shape index (κ2) is 11.5. The summed E-state index contributed by atoms with van der Waals surface area (Å²) in [6, 6.07) is 4.73. The van der Waals surface area contributed by atoms with Crippen LogP contribution < -0.4 is 26.5 Å². The first-order valence-electron chi connectivity index (χ1n) is 12.6. The van der Waals surface area contributed by atoms with Crippen molar-refractivity contribution in [3.8, 4) is 0 Å². The normalized spacial score (nSPS) is 26.0. The molecule has 1 aromatic rings. The maximum atomic E-state index is 12.3. The van der Waals surface area contributed by atoms with Crippen LogP contribution in [0.1, 0.15) is 43.5 Å². The number of hydroxylamine groups is 1. The van der Waals surface area contributed by atoms with E-state index in [0.29, 0.717) is 19.1 Å². The number of aryl methyl sites for hydroxylation is 1. The number of methoxy groups -OCH3 is 1. The van der Waals surface area contributed by atoms with Gasteiger partial charge in [-0.2, -0.15) is 0 Å². The van der Waals surface area contributed by atoms with Crippen LogP contribution in [0.3, 0.4) is 0 Å². The summed E-state index contributed by atoms with van der Waals surface area (Å²) in [6.45, 7) is 7.53. The molecule has 3 aliphatic rings. The summed E-state index contributed by atoms with van der Waals surface area (Å²) < 4.78 is 12.5. The van der Waals surface area contributed by atoms with E-state index in [0.717, 1.165) is 50.4 Å². The van der Waals surface area contributed by atoms with Crippen LogP contribution >= 0.6 is 0 Å². The molecule has 1 amide bonds.